The lowest BCUT2D eigenvalue weighted by molar-refractivity contribution is 1.25. The zero-order valence-electron chi connectivity index (χ0n) is 34.5. The van der Waals surface area contributed by atoms with Gasteiger partial charge < -0.3 is 9.80 Å². The van der Waals surface area contributed by atoms with Crippen molar-refractivity contribution in [3.8, 4) is 55.8 Å². The van der Waals surface area contributed by atoms with Gasteiger partial charge in [0.2, 0.25) is 0 Å². The van der Waals surface area contributed by atoms with E-state index in [0.717, 1.165) is 34.0 Å². The van der Waals surface area contributed by atoms with Crippen LogP contribution in [0.3, 0.4) is 0 Å². The van der Waals surface area contributed by atoms with E-state index in [0.29, 0.717) is 0 Å². The molecule has 63 heavy (non-hydrogen) atoms. The van der Waals surface area contributed by atoms with E-state index >= 15 is 0 Å². The van der Waals surface area contributed by atoms with Crippen molar-refractivity contribution in [2.75, 3.05) is 9.80 Å². The van der Waals surface area contributed by atoms with Gasteiger partial charge in [0.25, 0.3) is 6.71 Å². The summed E-state index contributed by atoms with van der Waals surface area (Å²) in [4.78, 5) is 9.92. The van der Waals surface area contributed by atoms with Crippen molar-refractivity contribution in [3.05, 3.63) is 243 Å². The van der Waals surface area contributed by atoms with Gasteiger partial charge in [-0.2, -0.15) is 0 Å². The lowest BCUT2D eigenvalue weighted by Crippen LogP contribution is -2.61. The molecule has 0 bridgehead atoms. The molecule has 0 radical (unpaired) electrons. The van der Waals surface area contributed by atoms with E-state index in [1.165, 1.54) is 72.3 Å². The second-order valence-corrected chi connectivity index (χ2v) is 16.4. The van der Waals surface area contributed by atoms with Gasteiger partial charge in [0.1, 0.15) is 0 Å². The molecule has 294 valence electrons. The number of hydrogen-bond donors (Lipinski definition) is 0. The maximum Gasteiger partial charge on any atom is 0.252 e. The van der Waals surface area contributed by atoms with Crippen molar-refractivity contribution in [1.82, 2.24) is 4.98 Å². The Morgan fingerprint density at radius 3 is 1.05 bits per heavy atom. The lowest BCUT2D eigenvalue weighted by Gasteiger charge is -2.44. The fourth-order valence-electron chi connectivity index (χ4n) is 9.73. The SMILES string of the molecule is c1ccc(-c2ccc(N3c4ccc(-c5ccccc5)cc4B4c5cc(-c6ccccc6)ccc5N(c5ccc(-c6ccccc6)cc5)c5cc(-c6ccccn6)cc3c54)cc2)cc1. The van der Waals surface area contributed by atoms with Gasteiger partial charge in [-0.3, -0.25) is 4.98 Å². The topological polar surface area (TPSA) is 19.4 Å². The molecule has 2 aliphatic heterocycles. The minimum absolute atomic E-state index is 0.0650. The van der Waals surface area contributed by atoms with Gasteiger partial charge in [-0.25, -0.2) is 0 Å². The van der Waals surface area contributed by atoms with E-state index in [4.69, 9.17) is 4.98 Å². The number of benzene rings is 9. The molecule has 9 aromatic carbocycles. The third-order valence-electron chi connectivity index (χ3n) is 12.7. The number of nitrogens with zero attached hydrogens (tertiary/aromatic N) is 3. The van der Waals surface area contributed by atoms with Crippen LogP contribution >= 0.6 is 0 Å². The molecule has 0 spiro atoms. The standard InChI is InChI=1S/C59H40BN3/c1-5-15-41(16-6-1)45-24-30-50(31-25-45)62-55-34-28-47(43-19-9-3-10-20-43)37-52(55)60-53-38-48(44-21-11-4-12-22-44)29-35-56(53)63(51-32-26-46(27-33-51)42-17-7-2-8-18-42)58-40-49(39-57(62)59(58)60)54-23-13-14-36-61-54/h1-40H. The van der Waals surface area contributed by atoms with Crippen LogP contribution in [0.4, 0.5) is 34.1 Å². The number of hydrogen-bond acceptors (Lipinski definition) is 3. The predicted molar refractivity (Wildman–Crippen MR) is 265 cm³/mol. The molecule has 2 aliphatic rings. The van der Waals surface area contributed by atoms with Crippen LogP contribution in [0.2, 0.25) is 0 Å². The Bertz CT molecular complexity index is 3050. The molecule has 0 fully saturated rings. The van der Waals surface area contributed by atoms with Crippen LogP contribution in [0.5, 0.6) is 0 Å². The summed E-state index contributed by atoms with van der Waals surface area (Å²) in [6.07, 6.45) is 1.89. The van der Waals surface area contributed by atoms with Crippen molar-refractivity contribution < 1.29 is 0 Å². The Morgan fingerprint density at radius 2 is 0.651 bits per heavy atom. The van der Waals surface area contributed by atoms with Crippen LogP contribution in [-0.2, 0) is 0 Å². The molecule has 12 rings (SSSR count). The highest BCUT2D eigenvalue weighted by atomic mass is 15.2. The van der Waals surface area contributed by atoms with Gasteiger partial charge in [-0.05, 0) is 122 Å². The third-order valence-corrected chi connectivity index (χ3v) is 12.7. The molecule has 0 amide bonds. The highest BCUT2D eigenvalue weighted by molar-refractivity contribution is 7.00. The van der Waals surface area contributed by atoms with E-state index in [9.17, 15) is 0 Å². The van der Waals surface area contributed by atoms with Crippen molar-refractivity contribution in [2.24, 2.45) is 0 Å². The second kappa shape index (κ2) is 15.4. The Morgan fingerprint density at radius 1 is 0.286 bits per heavy atom. The van der Waals surface area contributed by atoms with Crippen molar-refractivity contribution in [2.45, 2.75) is 0 Å². The van der Waals surface area contributed by atoms with E-state index in [1.54, 1.807) is 0 Å². The van der Waals surface area contributed by atoms with Crippen LogP contribution in [-0.4, -0.2) is 11.7 Å². The Labute approximate surface area is 368 Å². The first-order valence-corrected chi connectivity index (χ1v) is 21.6. The summed E-state index contributed by atoms with van der Waals surface area (Å²) >= 11 is 0. The fraction of sp³-hybridized carbons (Fsp3) is 0. The summed E-state index contributed by atoms with van der Waals surface area (Å²) in [5.41, 5.74) is 22.2. The Kier molecular flexibility index (Phi) is 8.93. The van der Waals surface area contributed by atoms with Gasteiger partial charge in [-0.1, -0.05) is 176 Å². The van der Waals surface area contributed by atoms with Gasteiger partial charge in [0.15, 0.2) is 0 Å². The number of fused-ring (bicyclic) bond motifs is 4. The molecule has 0 saturated heterocycles. The lowest BCUT2D eigenvalue weighted by atomic mass is 9.33. The van der Waals surface area contributed by atoms with Crippen molar-refractivity contribution in [3.63, 3.8) is 0 Å². The highest BCUT2D eigenvalue weighted by Crippen LogP contribution is 2.47. The largest absolute Gasteiger partial charge is 0.311 e. The molecule has 10 aromatic rings. The quantitative estimate of drug-likeness (QED) is 0.150. The van der Waals surface area contributed by atoms with Gasteiger partial charge >= 0.3 is 0 Å². The normalized spacial score (nSPS) is 12.3. The van der Waals surface area contributed by atoms with Crippen LogP contribution in [0.1, 0.15) is 0 Å². The molecular weight excluding hydrogens is 761 g/mol. The summed E-state index contributed by atoms with van der Waals surface area (Å²) < 4.78 is 0. The zero-order chi connectivity index (χ0) is 41.7. The summed E-state index contributed by atoms with van der Waals surface area (Å²) in [7, 11) is 0. The molecule has 0 saturated carbocycles. The van der Waals surface area contributed by atoms with Gasteiger partial charge in [0, 0.05) is 45.9 Å². The van der Waals surface area contributed by atoms with Crippen LogP contribution in [0.15, 0.2) is 243 Å². The summed E-state index contributed by atoms with van der Waals surface area (Å²) in [6.45, 7) is -0.0650. The van der Waals surface area contributed by atoms with Crippen LogP contribution in [0, 0.1) is 0 Å². The summed E-state index contributed by atoms with van der Waals surface area (Å²) in [5, 5.41) is 0. The Balaban J connectivity index is 1.15. The smallest absolute Gasteiger partial charge is 0.252 e. The average Bonchev–Trinajstić information content (AvgIpc) is 3.37. The number of pyridine rings is 1. The third kappa shape index (κ3) is 6.43. The molecule has 0 unspecified atom stereocenters. The van der Waals surface area contributed by atoms with Crippen molar-refractivity contribution in [1.29, 1.82) is 0 Å². The summed E-state index contributed by atoms with van der Waals surface area (Å²) in [5.74, 6) is 0. The number of aromatic nitrogens is 1. The molecule has 0 aliphatic carbocycles. The molecule has 3 nitrogen and oxygen atoms in total. The monoisotopic (exact) mass is 801 g/mol. The van der Waals surface area contributed by atoms with E-state index < -0.39 is 0 Å². The van der Waals surface area contributed by atoms with Gasteiger partial charge in [-0.15, -0.1) is 0 Å². The highest BCUT2D eigenvalue weighted by Gasteiger charge is 2.44. The van der Waals surface area contributed by atoms with E-state index in [2.05, 4.69) is 240 Å². The molecular formula is C59H40BN3. The first-order valence-electron chi connectivity index (χ1n) is 21.6. The van der Waals surface area contributed by atoms with Gasteiger partial charge in [0.05, 0.1) is 5.69 Å². The molecule has 4 heteroatoms. The fourth-order valence-corrected chi connectivity index (χ4v) is 9.73. The molecule has 3 heterocycles. The molecule has 1 aromatic heterocycles. The van der Waals surface area contributed by atoms with E-state index in [1.807, 2.05) is 12.3 Å². The Hall–Kier alpha value is -8.21. The predicted octanol–water partition coefficient (Wildman–Crippen LogP) is 13.5. The molecule has 0 atom stereocenters. The first-order chi connectivity index (χ1) is 31.2. The van der Waals surface area contributed by atoms with Crippen LogP contribution in [0.25, 0.3) is 55.8 Å². The minimum atomic E-state index is -0.0650. The zero-order valence-corrected chi connectivity index (χ0v) is 34.5. The van der Waals surface area contributed by atoms with E-state index in [-0.39, 0.29) is 6.71 Å². The minimum Gasteiger partial charge on any atom is -0.311 e. The second-order valence-electron chi connectivity index (χ2n) is 16.4. The maximum absolute atomic E-state index is 4.94. The number of anilines is 6. The maximum atomic E-state index is 4.94. The molecule has 0 N–H and O–H groups in total. The van der Waals surface area contributed by atoms with Crippen molar-refractivity contribution >= 4 is 57.2 Å². The average molecular weight is 802 g/mol. The first kappa shape index (κ1) is 36.6. The van der Waals surface area contributed by atoms with Crippen LogP contribution < -0.4 is 26.2 Å². The summed E-state index contributed by atoms with van der Waals surface area (Å²) in [6, 6.07) is 86.1. The number of rotatable bonds is 7.